The molecule has 1 unspecified atom stereocenters. The Kier molecular flexibility index (Phi) is 1.92. The third-order valence-corrected chi connectivity index (χ3v) is 1.99. The Morgan fingerprint density at radius 2 is 1.93 bits per heavy atom. The number of carbonyl (C=O) groups excluding carboxylic acids is 2. The minimum Gasteiger partial charge on any atom is -0.322 e. The Labute approximate surface area is 79.1 Å². The van der Waals surface area contributed by atoms with Crippen molar-refractivity contribution in [2.24, 2.45) is 0 Å². The second-order valence-electron chi connectivity index (χ2n) is 2.92. The second-order valence-corrected chi connectivity index (χ2v) is 2.92. The van der Waals surface area contributed by atoms with Gasteiger partial charge in [-0.25, -0.2) is 9.18 Å². The number of amides is 3. The van der Waals surface area contributed by atoms with E-state index >= 15 is 0 Å². The van der Waals surface area contributed by atoms with Crippen LogP contribution in [0.4, 0.5) is 9.18 Å². The van der Waals surface area contributed by atoms with Crippen LogP contribution >= 0.6 is 0 Å². The van der Waals surface area contributed by atoms with Gasteiger partial charge in [-0.3, -0.25) is 10.1 Å². The van der Waals surface area contributed by atoms with Crippen molar-refractivity contribution in [3.8, 4) is 0 Å². The Morgan fingerprint density at radius 1 is 1.21 bits per heavy atom. The maximum Gasteiger partial charge on any atom is 0.322 e. The molecule has 3 amide bonds. The van der Waals surface area contributed by atoms with Crippen LogP contribution in [0, 0.1) is 5.82 Å². The summed E-state index contributed by atoms with van der Waals surface area (Å²) < 4.78 is 13.2. The summed E-state index contributed by atoms with van der Waals surface area (Å²) in [5, 5.41) is 4.36. The van der Waals surface area contributed by atoms with E-state index in [4.69, 9.17) is 0 Å². The molecule has 1 fully saturated rings. The molecule has 0 radical (unpaired) electrons. The number of urea groups is 1. The zero-order valence-electron chi connectivity index (χ0n) is 7.08. The SMILES string of the molecule is O=C1NC(=O)C(c2ccccc2F)N1. The Balaban J connectivity index is 2.36. The molecule has 1 saturated heterocycles. The first-order chi connectivity index (χ1) is 6.68. The Hall–Kier alpha value is -1.91. The van der Waals surface area contributed by atoms with Gasteiger partial charge in [0.2, 0.25) is 0 Å². The van der Waals surface area contributed by atoms with E-state index in [-0.39, 0.29) is 5.56 Å². The molecule has 1 heterocycles. The molecule has 14 heavy (non-hydrogen) atoms. The smallest absolute Gasteiger partial charge is 0.322 e. The van der Waals surface area contributed by atoms with Crippen LogP contribution in [0.5, 0.6) is 0 Å². The fourth-order valence-corrected chi connectivity index (χ4v) is 1.34. The molecule has 5 heteroatoms. The maximum absolute atomic E-state index is 13.2. The second kappa shape index (κ2) is 3.10. The first-order valence-electron chi connectivity index (χ1n) is 4.04. The molecular weight excluding hydrogens is 187 g/mol. The van der Waals surface area contributed by atoms with Crippen LogP contribution in [0.1, 0.15) is 11.6 Å². The standard InChI is InChI=1S/C9H7FN2O2/c10-6-4-2-1-3-5(6)7-8(13)12-9(14)11-7/h1-4,7H,(H2,11,12,13,14). The van der Waals surface area contributed by atoms with Gasteiger partial charge >= 0.3 is 6.03 Å². The zero-order valence-corrected chi connectivity index (χ0v) is 7.08. The molecule has 1 aliphatic heterocycles. The predicted octanol–water partition coefficient (Wildman–Crippen LogP) is 0.706. The molecule has 4 nitrogen and oxygen atoms in total. The number of rotatable bonds is 1. The van der Waals surface area contributed by atoms with Crippen LogP contribution in [-0.4, -0.2) is 11.9 Å². The molecule has 0 spiro atoms. The van der Waals surface area contributed by atoms with E-state index in [0.29, 0.717) is 0 Å². The summed E-state index contributed by atoms with van der Waals surface area (Å²) in [5.74, 6) is -1.03. The molecule has 2 N–H and O–H groups in total. The van der Waals surface area contributed by atoms with Gasteiger partial charge in [-0.2, -0.15) is 0 Å². The van der Waals surface area contributed by atoms with Gasteiger partial charge in [-0.05, 0) is 6.07 Å². The first-order valence-corrected chi connectivity index (χ1v) is 4.04. The van der Waals surface area contributed by atoms with Crippen molar-refractivity contribution in [2.75, 3.05) is 0 Å². The monoisotopic (exact) mass is 194 g/mol. The molecule has 0 bridgehead atoms. The average molecular weight is 194 g/mol. The fourth-order valence-electron chi connectivity index (χ4n) is 1.34. The fraction of sp³-hybridized carbons (Fsp3) is 0.111. The summed E-state index contributed by atoms with van der Waals surface area (Å²) in [6.07, 6.45) is 0. The van der Waals surface area contributed by atoms with Crippen molar-refractivity contribution in [2.45, 2.75) is 6.04 Å². The largest absolute Gasteiger partial charge is 0.322 e. The molecular formula is C9H7FN2O2. The highest BCUT2D eigenvalue weighted by Gasteiger charge is 2.32. The molecule has 2 rings (SSSR count). The Morgan fingerprint density at radius 3 is 2.50 bits per heavy atom. The van der Waals surface area contributed by atoms with Crippen LogP contribution in [0.25, 0.3) is 0 Å². The summed E-state index contributed by atoms with van der Waals surface area (Å²) in [6, 6.07) is 4.33. The molecule has 1 aromatic carbocycles. The van der Waals surface area contributed by atoms with Gasteiger partial charge in [-0.1, -0.05) is 18.2 Å². The number of nitrogens with one attached hydrogen (secondary N) is 2. The highest BCUT2D eigenvalue weighted by Crippen LogP contribution is 2.19. The van der Waals surface area contributed by atoms with Gasteiger partial charge in [0.1, 0.15) is 11.9 Å². The van der Waals surface area contributed by atoms with Gasteiger partial charge in [0.15, 0.2) is 0 Å². The van der Waals surface area contributed by atoms with Gasteiger partial charge in [-0.15, -0.1) is 0 Å². The van der Waals surface area contributed by atoms with Crippen LogP contribution in [0.3, 0.4) is 0 Å². The van der Waals surface area contributed by atoms with Crippen molar-refractivity contribution in [3.05, 3.63) is 35.6 Å². The highest BCUT2D eigenvalue weighted by atomic mass is 19.1. The molecule has 1 aliphatic rings. The summed E-state index contributed by atoms with van der Waals surface area (Å²) in [5.41, 5.74) is 0.177. The quantitative estimate of drug-likeness (QED) is 0.647. The summed E-state index contributed by atoms with van der Waals surface area (Å²) in [4.78, 5) is 22.0. The molecule has 0 aliphatic carbocycles. The lowest BCUT2D eigenvalue weighted by molar-refractivity contribution is -0.120. The lowest BCUT2D eigenvalue weighted by atomic mass is 10.1. The normalized spacial score (nSPS) is 20.5. The van der Waals surface area contributed by atoms with E-state index < -0.39 is 23.8 Å². The molecule has 1 aromatic rings. The number of imide groups is 1. The van der Waals surface area contributed by atoms with E-state index in [1.165, 1.54) is 18.2 Å². The number of halogens is 1. The van der Waals surface area contributed by atoms with Crippen LogP contribution in [0.2, 0.25) is 0 Å². The molecule has 0 saturated carbocycles. The third-order valence-electron chi connectivity index (χ3n) is 1.99. The highest BCUT2D eigenvalue weighted by molar-refractivity contribution is 6.04. The first kappa shape index (κ1) is 8.68. The summed E-state index contributed by atoms with van der Waals surface area (Å²) >= 11 is 0. The number of hydrogen-bond acceptors (Lipinski definition) is 2. The van der Waals surface area contributed by atoms with E-state index in [9.17, 15) is 14.0 Å². The minimum absolute atomic E-state index is 0.177. The van der Waals surface area contributed by atoms with Gasteiger partial charge in [0.25, 0.3) is 5.91 Å². The van der Waals surface area contributed by atoms with Crippen molar-refractivity contribution in [1.82, 2.24) is 10.6 Å². The number of benzene rings is 1. The lowest BCUT2D eigenvalue weighted by Gasteiger charge is -2.07. The van der Waals surface area contributed by atoms with Crippen LogP contribution in [-0.2, 0) is 4.79 Å². The Bertz CT molecular complexity index is 406. The zero-order chi connectivity index (χ0) is 10.1. The van der Waals surface area contributed by atoms with Crippen molar-refractivity contribution >= 4 is 11.9 Å². The van der Waals surface area contributed by atoms with E-state index in [1.807, 2.05) is 5.32 Å². The minimum atomic E-state index is -0.913. The number of hydrogen-bond donors (Lipinski definition) is 2. The van der Waals surface area contributed by atoms with Crippen molar-refractivity contribution in [1.29, 1.82) is 0 Å². The lowest BCUT2D eigenvalue weighted by Crippen LogP contribution is -2.22. The van der Waals surface area contributed by atoms with Crippen LogP contribution < -0.4 is 10.6 Å². The van der Waals surface area contributed by atoms with E-state index in [1.54, 1.807) is 6.07 Å². The van der Waals surface area contributed by atoms with Gasteiger partial charge in [0.05, 0.1) is 0 Å². The molecule has 0 aromatic heterocycles. The average Bonchev–Trinajstić information content (AvgIpc) is 2.46. The van der Waals surface area contributed by atoms with Crippen molar-refractivity contribution < 1.29 is 14.0 Å². The van der Waals surface area contributed by atoms with E-state index in [0.717, 1.165) is 0 Å². The van der Waals surface area contributed by atoms with Crippen LogP contribution in [0.15, 0.2) is 24.3 Å². The maximum atomic E-state index is 13.2. The predicted molar refractivity (Wildman–Crippen MR) is 45.8 cm³/mol. The summed E-state index contributed by atoms with van der Waals surface area (Å²) in [7, 11) is 0. The van der Waals surface area contributed by atoms with Crippen molar-refractivity contribution in [3.63, 3.8) is 0 Å². The van der Waals surface area contributed by atoms with E-state index in [2.05, 4.69) is 5.32 Å². The van der Waals surface area contributed by atoms with Gasteiger partial charge in [0, 0.05) is 5.56 Å². The third kappa shape index (κ3) is 1.32. The topological polar surface area (TPSA) is 58.2 Å². The number of carbonyl (C=O) groups is 2. The molecule has 1 atom stereocenters. The van der Waals surface area contributed by atoms with Gasteiger partial charge < -0.3 is 5.32 Å². The summed E-state index contributed by atoms with van der Waals surface area (Å²) in [6.45, 7) is 0. The molecule has 72 valence electrons.